The Hall–Kier alpha value is -4.09. The van der Waals surface area contributed by atoms with Gasteiger partial charge in [0, 0.05) is 41.5 Å². The average Bonchev–Trinajstić information content (AvgIpc) is 3.50. The Morgan fingerprint density at radius 3 is 2.36 bits per heavy atom. The number of anilines is 1. The molecule has 45 heavy (non-hydrogen) atoms. The number of nitrogens with one attached hydrogen (secondary N) is 1. The lowest BCUT2D eigenvalue weighted by Gasteiger charge is -2.31. The summed E-state index contributed by atoms with van der Waals surface area (Å²) in [7, 11) is 0. The van der Waals surface area contributed by atoms with Crippen LogP contribution >= 0.6 is 11.3 Å². The van der Waals surface area contributed by atoms with Gasteiger partial charge in [0.1, 0.15) is 23.7 Å². The summed E-state index contributed by atoms with van der Waals surface area (Å²) in [4.78, 5) is 50.8. The standard InChI is InChI=1S/C32H42N6O6S/c33-19-22(30(40)37-14-2-1-6-25(35)31(41)42)18-23-10-12-29(45-23)21-9-11-27-20(17-21)5-4-15-38(27)16-13-28(39)24(34)7-3-8-26(36)32(43)44/h9-12,17-18,24-26H,1-8,13-16,34-36H2,(H,37,40)(H,41,42)(H,43,44)/b22-18+. The molecule has 1 aromatic carbocycles. The van der Waals surface area contributed by atoms with Crippen molar-refractivity contribution in [1.82, 2.24) is 5.32 Å². The van der Waals surface area contributed by atoms with E-state index in [4.69, 9.17) is 27.4 Å². The molecule has 0 bridgehead atoms. The van der Waals surface area contributed by atoms with Gasteiger partial charge in [-0.1, -0.05) is 6.07 Å². The van der Waals surface area contributed by atoms with Gasteiger partial charge in [-0.05, 0) is 92.8 Å². The van der Waals surface area contributed by atoms with Crippen LogP contribution in [0.5, 0.6) is 0 Å². The van der Waals surface area contributed by atoms with E-state index in [1.54, 1.807) is 6.08 Å². The minimum absolute atomic E-state index is 0.00942. The van der Waals surface area contributed by atoms with Crippen LogP contribution in [0.15, 0.2) is 35.9 Å². The van der Waals surface area contributed by atoms with E-state index in [1.165, 1.54) is 16.9 Å². The van der Waals surface area contributed by atoms with Gasteiger partial charge in [-0.25, -0.2) is 0 Å². The molecule has 0 fully saturated rings. The second kappa shape index (κ2) is 17.4. The molecule has 0 saturated carbocycles. The van der Waals surface area contributed by atoms with E-state index in [1.807, 2.05) is 24.3 Å². The number of aliphatic carboxylic acids is 2. The van der Waals surface area contributed by atoms with Crippen LogP contribution < -0.4 is 27.4 Å². The number of hydrogen-bond acceptors (Lipinski definition) is 10. The summed E-state index contributed by atoms with van der Waals surface area (Å²) in [6, 6.07) is 9.53. The van der Waals surface area contributed by atoms with Crippen molar-refractivity contribution in [1.29, 1.82) is 5.26 Å². The van der Waals surface area contributed by atoms with Crippen LogP contribution in [0.3, 0.4) is 0 Å². The fourth-order valence-corrected chi connectivity index (χ4v) is 6.07. The number of nitriles is 1. The van der Waals surface area contributed by atoms with Gasteiger partial charge in [-0.2, -0.15) is 5.26 Å². The largest absolute Gasteiger partial charge is 0.480 e. The Morgan fingerprint density at radius 1 is 0.978 bits per heavy atom. The van der Waals surface area contributed by atoms with E-state index in [0.29, 0.717) is 51.6 Å². The first kappa shape index (κ1) is 35.4. The van der Waals surface area contributed by atoms with E-state index < -0.39 is 36.0 Å². The van der Waals surface area contributed by atoms with Gasteiger partial charge in [0.15, 0.2) is 5.78 Å². The molecule has 2 aromatic rings. The molecule has 242 valence electrons. The quantitative estimate of drug-likeness (QED) is 0.0790. The van der Waals surface area contributed by atoms with Crippen molar-refractivity contribution in [3.63, 3.8) is 0 Å². The molecule has 3 rings (SSSR count). The molecule has 1 amide bonds. The molecule has 9 N–H and O–H groups in total. The number of fused-ring (bicyclic) bond motifs is 1. The number of rotatable bonds is 18. The van der Waals surface area contributed by atoms with Gasteiger partial charge in [0.25, 0.3) is 5.91 Å². The molecule has 13 heteroatoms. The first-order valence-corrected chi connectivity index (χ1v) is 15.9. The van der Waals surface area contributed by atoms with Gasteiger partial charge in [0.05, 0.1) is 6.04 Å². The average molecular weight is 639 g/mol. The summed E-state index contributed by atoms with van der Waals surface area (Å²) in [5.41, 5.74) is 20.4. The van der Waals surface area contributed by atoms with Crippen LogP contribution in [0, 0.1) is 11.3 Å². The summed E-state index contributed by atoms with van der Waals surface area (Å²) in [5.74, 6) is -2.64. The maximum absolute atomic E-state index is 12.6. The lowest BCUT2D eigenvalue weighted by atomic mass is 9.97. The highest BCUT2D eigenvalue weighted by atomic mass is 32.1. The molecule has 0 spiro atoms. The van der Waals surface area contributed by atoms with Gasteiger partial charge < -0.3 is 37.6 Å². The number of aryl methyl sites for hydroxylation is 1. The van der Waals surface area contributed by atoms with E-state index in [9.17, 15) is 24.4 Å². The molecule has 2 heterocycles. The predicted octanol–water partition coefficient (Wildman–Crippen LogP) is 2.64. The molecule has 0 aliphatic carbocycles. The minimum atomic E-state index is -1.06. The van der Waals surface area contributed by atoms with Crippen molar-refractivity contribution in [2.45, 2.75) is 75.9 Å². The van der Waals surface area contributed by atoms with Crippen LogP contribution in [0.25, 0.3) is 16.5 Å². The molecule has 1 aliphatic rings. The second-order valence-corrected chi connectivity index (χ2v) is 12.3. The molecule has 0 radical (unpaired) electrons. The van der Waals surface area contributed by atoms with Crippen LogP contribution in [0.1, 0.15) is 61.8 Å². The zero-order valence-corrected chi connectivity index (χ0v) is 26.1. The topological polar surface area (TPSA) is 226 Å². The highest BCUT2D eigenvalue weighted by molar-refractivity contribution is 7.16. The van der Waals surface area contributed by atoms with E-state index >= 15 is 0 Å². The van der Waals surface area contributed by atoms with Gasteiger partial charge >= 0.3 is 11.9 Å². The fraction of sp³-hybridized carbons (Fsp3) is 0.469. The first-order chi connectivity index (χ1) is 21.5. The SMILES string of the molecule is N#C/C(=C\c1ccc(-c2ccc3c(c2)CCCN3CCC(=O)C(N)CCCC(N)C(=O)O)s1)C(=O)NCCCCC(N)C(=O)O. The Morgan fingerprint density at radius 2 is 1.67 bits per heavy atom. The number of carbonyl (C=O) groups is 4. The number of unbranched alkanes of at least 4 members (excludes halogenated alkanes) is 1. The Kier molecular flexibility index (Phi) is 13.7. The number of benzene rings is 1. The maximum Gasteiger partial charge on any atom is 0.320 e. The smallest absolute Gasteiger partial charge is 0.320 e. The molecule has 3 atom stereocenters. The van der Waals surface area contributed by atoms with Gasteiger partial charge in [-0.15, -0.1) is 11.3 Å². The number of hydrogen-bond donors (Lipinski definition) is 6. The number of thiophene rings is 1. The first-order valence-electron chi connectivity index (χ1n) is 15.1. The summed E-state index contributed by atoms with van der Waals surface area (Å²) in [6.45, 7) is 1.71. The van der Waals surface area contributed by atoms with Crippen molar-refractivity contribution in [2.24, 2.45) is 17.2 Å². The monoisotopic (exact) mass is 638 g/mol. The normalized spacial score (nSPS) is 15.0. The third kappa shape index (κ3) is 10.8. The Bertz CT molecular complexity index is 1430. The fourth-order valence-electron chi connectivity index (χ4n) is 5.12. The highest BCUT2D eigenvalue weighted by Gasteiger charge is 2.21. The van der Waals surface area contributed by atoms with E-state index in [0.717, 1.165) is 40.4 Å². The number of carbonyl (C=O) groups excluding carboxylic acids is 2. The molecule has 0 saturated heterocycles. The van der Waals surface area contributed by atoms with E-state index in [2.05, 4.69) is 22.3 Å². The van der Waals surface area contributed by atoms with Crippen molar-refractivity contribution in [3.05, 3.63) is 46.3 Å². The molecule has 1 aliphatic heterocycles. The summed E-state index contributed by atoms with van der Waals surface area (Å²) in [5, 5.41) is 30.0. The van der Waals surface area contributed by atoms with Crippen LogP contribution in [0.4, 0.5) is 5.69 Å². The second-order valence-electron chi connectivity index (χ2n) is 11.2. The van der Waals surface area contributed by atoms with Gasteiger partial charge in [-0.3, -0.25) is 19.2 Å². The number of carboxylic acid groups (broad SMARTS) is 2. The maximum atomic E-state index is 12.6. The Balaban J connectivity index is 1.55. The minimum Gasteiger partial charge on any atom is -0.480 e. The van der Waals surface area contributed by atoms with Crippen molar-refractivity contribution >= 4 is 46.7 Å². The molecule has 1 aromatic heterocycles. The number of amides is 1. The zero-order chi connectivity index (χ0) is 32.9. The summed E-state index contributed by atoms with van der Waals surface area (Å²) in [6.07, 6.45) is 6.32. The number of Topliss-reactive ketones (excluding diaryl/α,β-unsaturated/α-hetero) is 1. The lowest BCUT2D eigenvalue weighted by molar-refractivity contribution is -0.139. The Labute approximate surface area is 266 Å². The summed E-state index contributed by atoms with van der Waals surface area (Å²) < 4.78 is 0. The number of ketones is 1. The third-order valence-corrected chi connectivity index (χ3v) is 8.87. The predicted molar refractivity (Wildman–Crippen MR) is 173 cm³/mol. The molecular formula is C32H42N6O6S. The third-order valence-electron chi connectivity index (χ3n) is 7.79. The van der Waals surface area contributed by atoms with Crippen LogP contribution in [-0.4, -0.2) is 71.6 Å². The number of nitrogens with zero attached hydrogens (tertiary/aromatic N) is 2. The lowest BCUT2D eigenvalue weighted by Crippen LogP contribution is -2.36. The van der Waals surface area contributed by atoms with Crippen LogP contribution in [-0.2, 0) is 25.6 Å². The number of carboxylic acids is 2. The van der Waals surface area contributed by atoms with Crippen molar-refractivity contribution in [2.75, 3.05) is 24.5 Å². The van der Waals surface area contributed by atoms with Crippen molar-refractivity contribution < 1.29 is 29.4 Å². The van der Waals surface area contributed by atoms with Crippen LogP contribution in [0.2, 0.25) is 0 Å². The zero-order valence-electron chi connectivity index (χ0n) is 25.2. The summed E-state index contributed by atoms with van der Waals surface area (Å²) >= 11 is 1.47. The van der Waals surface area contributed by atoms with E-state index in [-0.39, 0.29) is 17.8 Å². The molecular weight excluding hydrogens is 596 g/mol. The van der Waals surface area contributed by atoms with Gasteiger partial charge in [0.2, 0.25) is 0 Å². The highest BCUT2D eigenvalue weighted by Crippen LogP contribution is 2.35. The number of nitrogens with two attached hydrogens (primary N) is 3. The molecule has 12 nitrogen and oxygen atoms in total. The van der Waals surface area contributed by atoms with Crippen molar-refractivity contribution in [3.8, 4) is 16.5 Å². The molecule has 3 unspecified atom stereocenters.